The third kappa shape index (κ3) is 3.39. The van der Waals surface area contributed by atoms with Gasteiger partial charge in [0, 0.05) is 15.6 Å². The molecule has 104 valence electrons. The predicted octanol–water partition coefficient (Wildman–Crippen LogP) is 5.69. The van der Waals surface area contributed by atoms with Crippen molar-refractivity contribution in [2.45, 2.75) is 6.61 Å². The molecule has 0 unspecified atom stereocenters. The lowest BCUT2D eigenvalue weighted by Crippen LogP contribution is -2.00. The summed E-state index contributed by atoms with van der Waals surface area (Å²) in [6.07, 6.45) is 0.669. The molecule has 0 saturated heterocycles. The summed E-state index contributed by atoms with van der Waals surface area (Å²) in [6.45, 7) is 0.0979. The standard InChI is InChI=1S/C14H8Cl4O2/c15-9-1-4-13(8(5-9)6-19)20-7-10-11(16)2-3-12(17)14(10)18/h1-6H,7H2. The summed E-state index contributed by atoms with van der Waals surface area (Å²) in [5.74, 6) is 0.400. The lowest BCUT2D eigenvalue weighted by molar-refractivity contribution is 0.111. The number of hydrogen-bond donors (Lipinski definition) is 0. The topological polar surface area (TPSA) is 26.3 Å². The molecule has 0 bridgehead atoms. The Morgan fingerprint density at radius 2 is 1.70 bits per heavy atom. The normalized spacial score (nSPS) is 10.4. The van der Waals surface area contributed by atoms with Gasteiger partial charge in [0.1, 0.15) is 12.4 Å². The molecule has 2 nitrogen and oxygen atoms in total. The molecule has 0 aliphatic heterocycles. The lowest BCUT2D eigenvalue weighted by atomic mass is 10.2. The third-order valence-corrected chi connectivity index (χ3v) is 4.04. The minimum absolute atomic E-state index is 0.0979. The molecule has 20 heavy (non-hydrogen) atoms. The summed E-state index contributed by atoms with van der Waals surface area (Å²) in [7, 11) is 0. The molecular formula is C14H8Cl4O2. The highest BCUT2D eigenvalue weighted by Gasteiger charge is 2.11. The molecule has 0 aliphatic rings. The number of carbonyl (C=O) groups is 1. The van der Waals surface area contributed by atoms with Gasteiger partial charge in [0.05, 0.1) is 15.6 Å². The molecule has 0 aliphatic carbocycles. The van der Waals surface area contributed by atoms with Crippen molar-refractivity contribution in [2.75, 3.05) is 0 Å². The summed E-state index contributed by atoms with van der Waals surface area (Å²) in [5.41, 5.74) is 0.916. The van der Waals surface area contributed by atoms with E-state index in [9.17, 15) is 4.79 Å². The number of benzene rings is 2. The monoisotopic (exact) mass is 348 g/mol. The SMILES string of the molecule is O=Cc1cc(Cl)ccc1OCc1c(Cl)ccc(Cl)c1Cl. The van der Waals surface area contributed by atoms with Gasteiger partial charge in [-0.1, -0.05) is 46.4 Å². The molecule has 0 N–H and O–H groups in total. The summed E-state index contributed by atoms with van der Waals surface area (Å²) in [6, 6.07) is 8.00. The van der Waals surface area contributed by atoms with Crippen LogP contribution in [0.4, 0.5) is 0 Å². The molecule has 0 saturated carbocycles. The van der Waals surface area contributed by atoms with Gasteiger partial charge in [0.15, 0.2) is 6.29 Å². The Morgan fingerprint density at radius 1 is 1.00 bits per heavy atom. The minimum atomic E-state index is 0.0979. The Morgan fingerprint density at radius 3 is 2.40 bits per heavy atom. The fourth-order valence-electron chi connectivity index (χ4n) is 1.59. The van der Waals surface area contributed by atoms with Crippen molar-refractivity contribution in [3.8, 4) is 5.75 Å². The highest BCUT2D eigenvalue weighted by molar-refractivity contribution is 6.44. The van der Waals surface area contributed by atoms with Crippen LogP contribution in [0.1, 0.15) is 15.9 Å². The molecule has 6 heteroatoms. The van der Waals surface area contributed by atoms with E-state index in [0.29, 0.717) is 43.3 Å². The summed E-state index contributed by atoms with van der Waals surface area (Å²) in [5, 5.41) is 1.63. The van der Waals surface area contributed by atoms with E-state index in [0.717, 1.165) is 0 Å². The Balaban J connectivity index is 2.25. The highest BCUT2D eigenvalue weighted by atomic mass is 35.5. The van der Waals surface area contributed by atoms with Crippen molar-refractivity contribution >= 4 is 52.7 Å². The van der Waals surface area contributed by atoms with Crippen LogP contribution in [0.25, 0.3) is 0 Å². The quantitative estimate of drug-likeness (QED) is 0.523. The van der Waals surface area contributed by atoms with Gasteiger partial charge in [-0.15, -0.1) is 0 Å². The maximum atomic E-state index is 11.0. The molecule has 0 fully saturated rings. The van der Waals surface area contributed by atoms with Crippen molar-refractivity contribution < 1.29 is 9.53 Å². The van der Waals surface area contributed by atoms with Crippen molar-refractivity contribution in [3.05, 3.63) is 61.5 Å². The van der Waals surface area contributed by atoms with E-state index in [2.05, 4.69) is 0 Å². The van der Waals surface area contributed by atoms with Gasteiger partial charge in [-0.25, -0.2) is 0 Å². The first-order valence-electron chi connectivity index (χ1n) is 5.53. The van der Waals surface area contributed by atoms with Crippen LogP contribution in [0, 0.1) is 0 Å². The van der Waals surface area contributed by atoms with Crippen LogP contribution in [-0.2, 0) is 6.61 Å². The van der Waals surface area contributed by atoms with E-state index >= 15 is 0 Å². The molecule has 2 rings (SSSR count). The largest absolute Gasteiger partial charge is 0.488 e. The number of hydrogen-bond acceptors (Lipinski definition) is 2. The third-order valence-electron chi connectivity index (χ3n) is 2.61. The molecule has 0 amide bonds. The molecule has 0 spiro atoms. The second-order valence-corrected chi connectivity index (χ2v) is 5.54. The molecule has 0 radical (unpaired) electrons. The fraction of sp³-hybridized carbons (Fsp3) is 0.0714. The average Bonchev–Trinajstić information content (AvgIpc) is 2.44. The average molecular weight is 350 g/mol. The lowest BCUT2D eigenvalue weighted by Gasteiger charge is -2.12. The molecule has 0 heterocycles. The number of halogens is 4. The molecule has 2 aromatic rings. The van der Waals surface area contributed by atoms with Crippen LogP contribution < -0.4 is 4.74 Å². The number of rotatable bonds is 4. The Kier molecular flexibility index (Phi) is 5.17. The zero-order chi connectivity index (χ0) is 14.7. The van der Waals surface area contributed by atoms with Crippen LogP contribution in [0.2, 0.25) is 20.1 Å². The van der Waals surface area contributed by atoms with Gasteiger partial charge >= 0.3 is 0 Å². The van der Waals surface area contributed by atoms with E-state index in [1.807, 2.05) is 0 Å². The van der Waals surface area contributed by atoms with Gasteiger partial charge in [-0.3, -0.25) is 4.79 Å². The number of aldehydes is 1. The predicted molar refractivity (Wildman–Crippen MR) is 82.6 cm³/mol. The smallest absolute Gasteiger partial charge is 0.153 e. The van der Waals surface area contributed by atoms with E-state index in [1.54, 1.807) is 24.3 Å². The summed E-state index contributed by atoms with van der Waals surface area (Å²) in [4.78, 5) is 11.0. The Hall–Kier alpha value is -0.930. The van der Waals surface area contributed by atoms with Crippen molar-refractivity contribution in [3.63, 3.8) is 0 Å². The van der Waals surface area contributed by atoms with E-state index in [1.165, 1.54) is 6.07 Å². The van der Waals surface area contributed by atoms with E-state index in [4.69, 9.17) is 51.1 Å². The Labute approximate surface area is 136 Å². The first kappa shape index (κ1) is 15.5. The fourth-order valence-corrected chi connectivity index (χ4v) is 2.43. The van der Waals surface area contributed by atoms with Crippen molar-refractivity contribution in [2.24, 2.45) is 0 Å². The van der Waals surface area contributed by atoms with Crippen LogP contribution in [-0.4, -0.2) is 6.29 Å². The zero-order valence-electron chi connectivity index (χ0n) is 10.00. The minimum Gasteiger partial charge on any atom is -0.488 e. The first-order valence-corrected chi connectivity index (χ1v) is 7.04. The van der Waals surface area contributed by atoms with E-state index < -0.39 is 0 Å². The number of ether oxygens (including phenoxy) is 1. The molecular weight excluding hydrogens is 342 g/mol. The second-order valence-electron chi connectivity index (χ2n) is 3.91. The van der Waals surface area contributed by atoms with Crippen LogP contribution >= 0.6 is 46.4 Å². The van der Waals surface area contributed by atoms with Crippen LogP contribution in [0.5, 0.6) is 5.75 Å². The van der Waals surface area contributed by atoms with Crippen LogP contribution in [0.15, 0.2) is 30.3 Å². The van der Waals surface area contributed by atoms with Crippen molar-refractivity contribution in [1.82, 2.24) is 0 Å². The Bertz CT molecular complexity index is 656. The molecule has 2 aromatic carbocycles. The van der Waals surface area contributed by atoms with E-state index in [-0.39, 0.29) is 6.61 Å². The number of carbonyl (C=O) groups excluding carboxylic acids is 1. The van der Waals surface area contributed by atoms with Crippen molar-refractivity contribution in [1.29, 1.82) is 0 Å². The maximum Gasteiger partial charge on any atom is 0.153 e. The second kappa shape index (κ2) is 6.68. The zero-order valence-corrected chi connectivity index (χ0v) is 13.0. The van der Waals surface area contributed by atoms with Gasteiger partial charge < -0.3 is 4.74 Å². The van der Waals surface area contributed by atoms with Crippen LogP contribution in [0.3, 0.4) is 0 Å². The highest BCUT2D eigenvalue weighted by Crippen LogP contribution is 2.32. The van der Waals surface area contributed by atoms with Gasteiger partial charge in [-0.05, 0) is 30.3 Å². The van der Waals surface area contributed by atoms with Gasteiger partial charge in [-0.2, -0.15) is 0 Å². The molecule has 0 aromatic heterocycles. The molecule has 0 atom stereocenters. The van der Waals surface area contributed by atoms with Gasteiger partial charge in [0.2, 0.25) is 0 Å². The summed E-state index contributed by atoms with van der Waals surface area (Å²) >= 11 is 23.9. The maximum absolute atomic E-state index is 11.0. The summed E-state index contributed by atoms with van der Waals surface area (Å²) < 4.78 is 5.57. The van der Waals surface area contributed by atoms with Gasteiger partial charge in [0.25, 0.3) is 0 Å². The first-order chi connectivity index (χ1) is 9.52.